The fourth-order valence-electron chi connectivity index (χ4n) is 2.05. The van der Waals surface area contributed by atoms with Crippen LogP contribution < -0.4 is 4.74 Å². The molecule has 0 unspecified atom stereocenters. The van der Waals surface area contributed by atoms with Crippen molar-refractivity contribution in [2.75, 3.05) is 20.2 Å². The average molecular weight is 303 g/mol. The molecule has 2 aromatic rings. The third kappa shape index (κ3) is 5.48. The van der Waals surface area contributed by atoms with Crippen LogP contribution in [-0.4, -0.2) is 35.2 Å². The zero-order valence-electron chi connectivity index (χ0n) is 13.7. The summed E-state index contributed by atoms with van der Waals surface area (Å²) in [4.78, 5) is 6.52. The third-order valence-electron chi connectivity index (χ3n) is 3.43. The van der Waals surface area contributed by atoms with Gasteiger partial charge in [-0.3, -0.25) is 4.90 Å². The van der Waals surface area contributed by atoms with E-state index < -0.39 is 0 Å². The molecule has 1 heterocycles. The Labute approximate surface area is 132 Å². The van der Waals surface area contributed by atoms with Crippen molar-refractivity contribution in [2.45, 2.75) is 39.7 Å². The molecule has 1 aromatic heterocycles. The van der Waals surface area contributed by atoms with Crippen LogP contribution in [0.15, 0.2) is 28.8 Å². The van der Waals surface area contributed by atoms with Crippen molar-refractivity contribution < 1.29 is 9.26 Å². The van der Waals surface area contributed by atoms with Crippen LogP contribution in [0.1, 0.15) is 37.0 Å². The molecule has 0 saturated heterocycles. The van der Waals surface area contributed by atoms with Crippen molar-refractivity contribution >= 4 is 0 Å². The number of benzene rings is 1. The first-order chi connectivity index (χ1) is 10.7. The molecule has 0 bridgehead atoms. The summed E-state index contributed by atoms with van der Waals surface area (Å²) in [5.74, 6) is 2.38. The largest absolute Gasteiger partial charge is 0.492 e. The van der Waals surface area contributed by atoms with Gasteiger partial charge in [0.2, 0.25) is 5.89 Å². The van der Waals surface area contributed by atoms with Gasteiger partial charge in [-0.25, -0.2) is 0 Å². The maximum Gasteiger partial charge on any atom is 0.240 e. The lowest BCUT2D eigenvalue weighted by molar-refractivity contribution is 0.212. The minimum absolute atomic E-state index is 0.635. The number of unbranched alkanes of at least 4 members (excludes halogenated alkanes) is 1. The second-order valence-corrected chi connectivity index (χ2v) is 5.61. The highest BCUT2D eigenvalue weighted by Crippen LogP contribution is 2.11. The Morgan fingerprint density at radius 3 is 2.73 bits per heavy atom. The lowest BCUT2D eigenvalue weighted by atomic mass is 10.2. The molecule has 0 aliphatic heterocycles. The Hall–Kier alpha value is -1.88. The number of ether oxygens (including phenoxy) is 1. The SMILES string of the molecule is CCCCc1noc(CN(C)CCOc2ccc(C)cc2)n1. The molecule has 0 radical (unpaired) electrons. The molecule has 1 aromatic carbocycles. The Balaban J connectivity index is 1.70. The zero-order valence-corrected chi connectivity index (χ0v) is 13.7. The number of likely N-dealkylation sites (N-methyl/N-ethyl adjacent to an activating group) is 1. The highest BCUT2D eigenvalue weighted by Gasteiger charge is 2.09. The van der Waals surface area contributed by atoms with Crippen LogP contribution in [0.25, 0.3) is 0 Å². The fourth-order valence-corrected chi connectivity index (χ4v) is 2.05. The molecule has 0 fully saturated rings. The third-order valence-corrected chi connectivity index (χ3v) is 3.43. The lowest BCUT2D eigenvalue weighted by Crippen LogP contribution is -2.24. The van der Waals surface area contributed by atoms with E-state index in [1.54, 1.807) is 0 Å². The number of hydrogen-bond donors (Lipinski definition) is 0. The van der Waals surface area contributed by atoms with E-state index in [1.165, 1.54) is 5.56 Å². The molecule has 5 nitrogen and oxygen atoms in total. The van der Waals surface area contributed by atoms with Gasteiger partial charge in [0.05, 0.1) is 6.54 Å². The van der Waals surface area contributed by atoms with Gasteiger partial charge in [-0.1, -0.05) is 36.2 Å². The first-order valence-electron chi connectivity index (χ1n) is 7.87. The van der Waals surface area contributed by atoms with Crippen molar-refractivity contribution in [1.29, 1.82) is 0 Å². The van der Waals surface area contributed by atoms with Crippen LogP contribution in [0.4, 0.5) is 0 Å². The molecule has 0 aliphatic carbocycles. The van der Waals surface area contributed by atoms with Gasteiger partial charge < -0.3 is 9.26 Å². The molecule has 0 amide bonds. The summed E-state index contributed by atoms with van der Waals surface area (Å²) in [6.07, 6.45) is 3.12. The maximum absolute atomic E-state index is 5.72. The average Bonchev–Trinajstić information content (AvgIpc) is 2.94. The molecule has 0 aliphatic rings. The molecule has 0 atom stereocenters. The molecule has 0 N–H and O–H groups in total. The predicted octanol–water partition coefficient (Wildman–Crippen LogP) is 3.23. The van der Waals surface area contributed by atoms with E-state index in [9.17, 15) is 0 Å². The maximum atomic E-state index is 5.72. The van der Waals surface area contributed by atoms with E-state index in [2.05, 4.69) is 41.0 Å². The van der Waals surface area contributed by atoms with Crippen LogP contribution in [0.3, 0.4) is 0 Å². The summed E-state index contributed by atoms with van der Waals surface area (Å²) in [5.41, 5.74) is 1.24. The van der Waals surface area contributed by atoms with Gasteiger partial charge in [-0.2, -0.15) is 4.98 Å². The van der Waals surface area contributed by atoms with Crippen molar-refractivity contribution in [3.63, 3.8) is 0 Å². The quantitative estimate of drug-likeness (QED) is 0.712. The van der Waals surface area contributed by atoms with E-state index in [1.807, 2.05) is 19.2 Å². The van der Waals surface area contributed by atoms with Crippen molar-refractivity contribution in [3.05, 3.63) is 41.5 Å². The van der Waals surface area contributed by atoms with Gasteiger partial charge in [0.1, 0.15) is 12.4 Å². The Bertz CT molecular complexity index is 551. The zero-order chi connectivity index (χ0) is 15.8. The summed E-state index contributed by atoms with van der Waals surface area (Å²) in [6.45, 7) is 6.31. The van der Waals surface area contributed by atoms with Gasteiger partial charge in [0.25, 0.3) is 0 Å². The Morgan fingerprint density at radius 2 is 2.00 bits per heavy atom. The van der Waals surface area contributed by atoms with Crippen molar-refractivity contribution in [1.82, 2.24) is 15.0 Å². The van der Waals surface area contributed by atoms with Crippen LogP contribution in [-0.2, 0) is 13.0 Å². The van der Waals surface area contributed by atoms with Crippen LogP contribution in [0.2, 0.25) is 0 Å². The summed E-state index contributed by atoms with van der Waals surface area (Å²) >= 11 is 0. The number of aromatic nitrogens is 2. The highest BCUT2D eigenvalue weighted by molar-refractivity contribution is 5.26. The van der Waals surface area contributed by atoms with Gasteiger partial charge in [0.15, 0.2) is 5.82 Å². The monoisotopic (exact) mass is 303 g/mol. The topological polar surface area (TPSA) is 51.4 Å². The van der Waals surface area contributed by atoms with E-state index in [0.29, 0.717) is 19.0 Å². The molecule has 22 heavy (non-hydrogen) atoms. The number of nitrogens with zero attached hydrogens (tertiary/aromatic N) is 3. The summed E-state index contributed by atoms with van der Waals surface area (Å²) in [5, 5.41) is 4.00. The fraction of sp³-hybridized carbons (Fsp3) is 0.529. The van der Waals surface area contributed by atoms with Crippen LogP contribution in [0.5, 0.6) is 5.75 Å². The Morgan fingerprint density at radius 1 is 1.23 bits per heavy atom. The minimum Gasteiger partial charge on any atom is -0.492 e. The molecule has 5 heteroatoms. The smallest absolute Gasteiger partial charge is 0.240 e. The van der Waals surface area contributed by atoms with Gasteiger partial charge in [-0.05, 0) is 32.5 Å². The number of hydrogen-bond acceptors (Lipinski definition) is 5. The van der Waals surface area contributed by atoms with Crippen LogP contribution >= 0.6 is 0 Å². The van der Waals surface area contributed by atoms with E-state index >= 15 is 0 Å². The van der Waals surface area contributed by atoms with E-state index in [0.717, 1.165) is 37.4 Å². The first-order valence-corrected chi connectivity index (χ1v) is 7.87. The molecule has 2 rings (SSSR count). The second kappa shape index (κ2) is 8.54. The second-order valence-electron chi connectivity index (χ2n) is 5.61. The Kier molecular flexibility index (Phi) is 6.40. The highest BCUT2D eigenvalue weighted by atomic mass is 16.5. The molecular weight excluding hydrogens is 278 g/mol. The summed E-state index contributed by atoms with van der Waals surface area (Å²) in [7, 11) is 2.02. The molecule has 120 valence electrons. The number of rotatable bonds is 9. The summed E-state index contributed by atoms with van der Waals surface area (Å²) in [6, 6.07) is 8.09. The standard InChI is InChI=1S/C17H25N3O2/c1-4-5-6-16-18-17(22-19-16)13-20(3)11-12-21-15-9-7-14(2)8-10-15/h7-10H,4-6,11-13H2,1-3H3. The molecule has 0 saturated carbocycles. The normalized spacial score (nSPS) is 11.1. The van der Waals surface area contributed by atoms with Gasteiger partial charge in [-0.15, -0.1) is 0 Å². The van der Waals surface area contributed by atoms with E-state index in [-0.39, 0.29) is 0 Å². The lowest BCUT2D eigenvalue weighted by Gasteiger charge is -2.14. The first kappa shape index (κ1) is 16.5. The predicted molar refractivity (Wildman–Crippen MR) is 85.9 cm³/mol. The summed E-state index contributed by atoms with van der Waals surface area (Å²) < 4.78 is 11.0. The van der Waals surface area contributed by atoms with Crippen molar-refractivity contribution in [2.24, 2.45) is 0 Å². The van der Waals surface area contributed by atoms with Crippen molar-refractivity contribution in [3.8, 4) is 5.75 Å². The van der Waals surface area contributed by atoms with Gasteiger partial charge >= 0.3 is 0 Å². The van der Waals surface area contributed by atoms with Gasteiger partial charge in [0, 0.05) is 13.0 Å². The molecule has 0 spiro atoms. The van der Waals surface area contributed by atoms with Crippen LogP contribution in [0, 0.1) is 6.92 Å². The van der Waals surface area contributed by atoms with E-state index in [4.69, 9.17) is 9.26 Å². The molecular formula is C17H25N3O2. The number of aryl methyl sites for hydroxylation is 2. The minimum atomic E-state index is 0.635.